The molecule has 0 radical (unpaired) electrons. The van der Waals surface area contributed by atoms with Crippen LogP contribution in [0.3, 0.4) is 0 Å². The number of halogens is 2. The van der Waals surface area contributed by atoms with E-state index in [1.807, 2.05) is 25.1 Å². The fourth-order valence-electron chi connectivity index (χ4n) is 3.25. The number of unbranched alkanes of at least 4 members (excludes halogenated alkanes) is 1. The van der Waals surface area contributed by atoms with E-state index in [1.54, 1.807) is 18.2 Å². The molecule has 2 atom stereocenters. The Morgan fingerprint density at radius 2 is 1.90 bits per heavy atom. The van der Waals surface area contributed by atoms with Gasteiger partial charge < -0.3 is 14.2 Å². The van der Waals surface area contributed by atoms with Crippen molar-refractivity contribution in [1.29, 1.82) is 0 Å². The van der Waals surface area contributed by atoms with Crippen LogP contribution in [0.1, 0.15) is 38.2 Å². The summed E-state index contributed by atoms with van der Waals surface area (Å²) in [4.78, 5) is 0. The van der Waals surface area contributed by atoms with Gasteiger partial charge >= 0.3 is 0 Å². The average Bonchev–Trinajstić information content (AvgIpc) is 2.76. The van der Waals surface area contributed by atoms with Crippen LogP contribution in [0.2, 0.25) is 0 Å². The molecule has 1 heterocycles. The third-order valence-electron chi connectivity index (χ3n) is 5.09. The van der Waals surface area contributed by atoms with Gasteiger partial charge in [0.15, 0.2) is 11.6 Å². The third-order valence-corrected chi connectivity index (χ3v) is 5.09. The van der Waals surface area contributed by atoms with Crippen molar-refractivity contribution in [2.24, 2.45) is 0 Å². The molecule has 1 aliphatic rings. The highest BCUT2D eigenvalue weighted by molar-refractivity contribution is 5.65. The van der Waals surface area contributed by atoms with Gasteiger partial charge in [0.2, 0.25) is 5.82 Å². The molecule has 1 saturated heterocycles. The van der Waals surface area contributed by atoms with Gasteiger partial charge in [-0.3, -0.25) is 0 Å². The predicted molar refractivity (Wildman–Crippen MR) is 110 cm³/mol. The van der Waals surface area contributed by atoms with Gasteiger partial charge in [-0.05, 0) is 42.5 Å². The molecule has 3 nitrogen and oxygen atoms in total. The molecular formula is C24H28F2O3. The van der Waals surface area contributed by atoms with Crippen molar-refractivity contribution < 1.29 is 23.0 Å². The quantitative estimate of drug-likeness (QED) is 0.377. The molecule has 2 unspecified atom stereocenters. The third kappa shape index (κ3) is 5.64. The first kappa shape index (κ1) is 21.5. The summed E-state index contributed by atoms with van der Waals surface area (Å²) in [7, 11) is 0. The molecule has 156 valence electrons. The second-order valence-electron chi connectivity index (χ2n) is 7.26. The van der Waals surface area contributed by atoms with Gasteiger partial charge in [0.25, 0.3) is 0 Å². The van der Waals surface area contributed by atoms with E-state index in [0.29, 0.717) is 25.4 Å². The zero-order chi connectivity index (χ0) is 20.6. The molecule has 0 aromatic heterocycles. The SMILES string of the molecule is C=CC1CCC(OCc2ccc(-c3ccc(OCCCC)c(F)c3F)cc2)CO1. The molecule has 1 fully saturated rings. The minimum Gasteiger partial charge on any atom is -0.490 e. The summed E-state index contributed by atoms with van der Waals surface area (Å²) in [6.45, 7) is 7.15. The number of ether oxygens (including phenoxy) is 3. The molecule has 0 bridgehead atoms. The van der Waals surface area contributed by atoms with Crippen LogP contribution in [-0.2, 0) is 16.1 Å². The van der Waals surface area contributed by atoms with E-state index < -0.39 is 11.6 Å². The summed E-state index contributed by atoms with van der Waals surface area (Å²) in [6, 6.07) is 10.3. The van der Waals surface area contributed by atoms with Crippen molar-refractivity contribution in [1.82, 2.24) is 0 Å². The van der Waals surface area contributed by atoms with Crippen LogP contribution in [0.5, 0.6) is 5.75 Å². The Balaban J connectivity index is 1.59. The summed E-state index contributed by atoms with van der Waals surface area (Å²) in [6.07, 6.45) is 5.59. The van der Waals surface area contributed by atoms with Crippen molar-refractivity contribution in [2.45, 2.75) is 51.4 Å². The van der Waals surface area contributed by atoms with Crippen LogP contribution in [0, 0.1) is 11.6 Å². The molecule has 1 aliphatic heterocycles. The standard InChI is InChI=1S/C24H28F2O3/c1-3-5-14-27-22-13-12-21(23(25)24(22)26)18-8-6-17(7-9-18)15-28-20-11-10-19(4-2)29-16-20/h4,6-9,12-13,19-20H,2-3,5,10-11,14-16H2,1H3. The Hall–Kier alpha value is -2.24. The summed E-state index contributed by atoms with van der Waals surface area (Å²) in [5.74, 6) is -1.88. The molecule has 0 aliphatic carbocycles. The number of hydrogen-bond donors (Lipinski definition) is 0. The number of hydrogen-bond acceptors (Lipinski definition) is 3. The van der Waals surface area contributed by atoms with Crippen LogP contribution in [0.25, 0.3) is 11.1 Å². The van der Waals surface area contributed by atoms with Crippen LogP contribution < -0.4 is 4.74 Å². The molecule has 2 aromatic rings. The van der Waals surface area contributed by atoms with Crippen molar-refractivity contribution in [3.63, 3.8) is 0 Å². The molecule has 29 heavy (non-hydrogen) atoms. The maximum absolute atomic E-state index is 14.5. The highest BCUT2D eigenvalue weighted by Gasteiger charge is 2.20. The molecule has 0 spiro atoms. The topological polar surface area (TPSA) is 27.7 Å². The lowest BCUT2D eigenvalue weighted by atomic mass is 10.0. The van der Waals surface area contributed by atoms with Crippen molar-refractivity contribution in [2.75, 3.05) is 13.2 Å². The molecular weight excluding hydrogens is 374 g/mol. The molecule has 0 N–H and O–H groups in total. The van der Waals surface area contributed by atoms with Crippen molar-refractivity contribution in [3.8, 4) is 16.9 Å². The second-order valence-corrected chi connectivity index (χ2v) is 7.26. The fourth-order valence-corrected chi connectivity index (χ4v) is 3.25. The van der Waals surface area contributed by atoms with E-state index in [-0.39, 0.29) is 23.5 Å². The second kappa shape index (κ2) is 10.5. The zero-order valence-corrected chi connectivity index (χ0v) is 16.8. The van der Waals surface area contributed by atoms with Gasteiger partial charge in [0, 0.05) is 5.56 Å². The first-order valence-electron chi connectivity index (χ1n) is 10.2. The van der Waals surface area contributed by atoms with Crippen molar-refractivity contribution in [3.05, 3.63) is 66.3 Å². The minimum atomic E-state index is -0.943. The largest absolute Gasteiger partial charge is 0.490 e. The van der Waals surface area contributed by atoms with E-state index in [1.165, 1.54) is 6.07 Å². The minimum absolute atomic E-state index is 0.0434. The smallest absolute Gasteiger partial charge is 0.201 e. The number of rotatable bonds is 9. The normalized spacial score (nSPS) is 19.1. The Morgan fingerprint density at radius 1 is 1.10 bits per heavy atom. The lowest BCUT2D eigenvalue weighted by Gasteiger charge is -2.27. The first-order chi connectivity index (χ1) is 14.1. The molecule has 3 rings (SSSR count). The Labute approximate surface area is 171 Å². The first-order valence-corrected chi connectivity index (χ1v) is 10.2. The van der Waals surface area contributed by atoms with Gasteiger partial charge in [-0.1, -0.05) is 43.7 Å². The highest BCUT2D eigenvalue weighted by atomic mass is 19.2. The average molecular weight is 402 g/mol. The van der Waals surface area contributed by atoms with E-state index in [2.05, 4.69) is 6.58 Å². The van der Waals surface area contributed by atoms with Gasteiger partial charge in [-0.15, -0.1) is 6.58 Å². The summed E-state index contributed by atoms with van der Waals surface area (Å²) >= 11 is 0. The highest BCUT2D eigenvalue weighted by Crippen LogP contribution is 2.30. The van der Waals surface area contributed by atoms with Crippen LogP contribution in [0.4, 0.5) is 8.78 Å². The van der Waals surface area contributed by atoms with Crippen LogP contribution in [-0.4, -0.2) is 25.4 Å². The molecule has 2 aromatic carbocycles. The Kier molecular flexibility index (Phi) is 7.78. The van der Waals surface area contributed by atoms with Gasteiger partial charge in [-0.25, -0.2) is 4.39 Å². The van der Waals surface area contributed by atoms with E-state index >= 15 is 0 Å². The van der Waals surface area contributed by atoms with Gasteiger partial charge in [0.05, 0.1) is 32.0 Å². The maximum Gasteiger partial charge on any atom is 0.201 e. The summed E-state index contributed by atoms with van der Waals surface area (Å²) < 4.78 is 45.7. The Bertz CT molecular complexity index is 797. The van der Waals surface area contributed by atoms with Crippen LogP contribution in [0.15, 0.2) is 49.1 Å². The van der Waals surface area contributed by atoms with E-state index in [0.717, 1.165) is 31.2 Å². The predicted octanol–water partition coefficient (Wildman–Crippen LogP) is 6.06. The molecule has 5 heteroatoms. The van der Waals surface area contributed by atoms with Crippen molar-refractivity contribution >= 4 is 0 Å². The Morgan fingerprint density at radius 3 is 2.55 bits per heavy atom. The monoisotopic (exact) mass is 402 g/mol. The molecule has 0 saturated carbocycles. The lowest BCUT2D eigenvalue weighted by molar-refractivity contribution is -0.0769. The molecule has 0 amide bonds. The van der Waals surface area contributed by atoms with Gasteiger partial charge in [0.1, 0.15) is 0 Å². The van der Waals surface area contributed by atoms with E-state index in [9.17, 15) is 8.78 Å². The lowest BCUT2D eigenvalue weighted by Crippen LogP contribution is -2.30. The summed E-state index contributed by atoms with van der Waals surface area (Å²) in [5, 5.41) is 0. The zero-order valence-electron chi connectivity index (χ0n) is 16.8. The van der Waals surface area contributed by atoms with Gasteiger partial charge in [-0.2, -0.15) is 4.39 Å². The summed E-state index contributed by atoms with van der Waals surface area (Å²) in [5.41, 5.74) is 1.80. The fraction of sp³-hybridized carbons (Fsp3) is 0.417. The van der Waals surface area contributed by atoms with E-state index in [4.69, 9.17) is 14.2 Å². The maximum atomic E-state index is 14.5. The van der Waals surface area contributed by atoms with Crippen LogP contribution >= 0.6 is 0 Å². The number of benzene rings is 2.